The van der Waals surface area contributed by atoms with Gasteiger partial charge in [0.1, 0.15) is 6.04 Å². The zero-order valence-corrected chi connectivity index (χ0v) is 19.2. The van der Waals surface area contributed by atoms with Crippen molar-refractivity contribution in [2.75, 3.05) is 19.6 Å². The molecular weight excluding hydrogens is 402 g/mol. The molecule has 0 radical (unpaired) electrons. The Kier molecular flexibility index (Phi) is 8.03. The molecule has 2 aromatic carbocycles. The van der Waals surface area contributed by atoms with E-state index in [-0.39, 0.29) is 23.6 Å². The molecule has 1 aliphatic heterocycles. The van der Waals surface area contributed by atoms with Gasteiger partial charge in [-0.15, -0.1) is 0 Å². The second-order valence-corrected chi connectivity index (χ2v) is 8.56. The van der Waals surface area contributed by atoms with Crippen molar-refractivity contribution >= 4 is 17.7 Å². The first-order valence-corrected chi connectivity index (χ1v) is 11.4. The molecule has 1 heterocycles. The van der Waals surface area contributed by atoms with Crippen LogP contribution in [0.2, 0.25) is 0 Å². The average Bonchev–Trinajstić information content (AvgIpc) is 2.81. The van der Waals surface area contributed by atoms with Crippen LogP contribution in [0.4, 0.5) is 0 Å². The van der Waals surface area contributed by atoms with Crippen molar-refractivity contribution in [3.05, 3.63) is 70.8 Å². The zero-order chi connectivity index (χ0) is 23.1. The maximum absolute atomic E-state index is 12.9. The maximum Gasteiger partial charge on any atom is 0.253 e. The first-order valence-electron chi connectivity index (χ1n) is 11.4. The van der Waals surface area contributed by atoms with Gasteiger partial charge in [0.15, 0.2) is 0 Å². The van der Waals surface area contributed by atoms with Gasteiger partial charge in [-0.25, -0.2) is 0 Å². The number of rotatable bonds is 7. The lowest BCUT2D eigenvalue weighted by Crippen LogP contribution is -2.54. The molecule has 170 valence electrons. The van der Waals surface area contributed by atoms with E-state index in [9.17, 15) is 14.4 Å². The third kappa shape index (κ3) is 5.75. The highest BCUT2D eigenvalue weighted by Gasteiger charge is 2.34. The summed E-state index contributed by atoms with van der Waals surface area (Å²) < 4.78 is 0. The first kappa shape index (κ1) is 23.5. The van der Waals surface area contributed by atoms with E-state index in [1.165, 1.54) is 0 Å². The molecule has 1 atom stereocenters. The van der Waals surface area contributed by atoms with Crippen LogP contribution >= 0.6 is 0 Å². The van der Waals surface area contributed by atoms with Crippen molar-refractivity contribution in [2.45, 2.75) is 46.1 Å². The van der Waals surface area contributed by atoms with Crippen LogP contribution in [0.3, 0.4) is 0 Å². The van der Waals surface area contributed by atoms with E-state index in [0.29, 0.717) is 43.6 Å². The molecule has 6 heteroatoms. The molecule has 0 spiro atoms. The van der Waals surface area contributed by atoms with Crippen molar-refractivity contribution < 1.29 is 14.4 Å². The van der Waals surface area contributed by atoms with Crippen molar-refractivity contribution in [1.82, 2.24) is 15.5 Å². The van der Waals surface area contributed by atoms with Gasteiger partial charge in [-0.3, -0.25) is 14.4 Å². The second-order valence-electron chi connectivity index (χ2n) is 8.56. The Bertz CT molecular complexity index is 964. The van der Waals surface area contributed by atoms with E-state index in [1.807, 2.05) is 68.1 Å². The molecule has 0 unspecified atom stereocenters. The summed E-state index contributed by atoms with van der Waals surface area (Å²) in [4.78, 5) is 40.6. The van der Waals surface area contributed by atoms with E-state index in [2.05, 4.69) is 10.6 Å². The molecule has 2 N–H and O–H groups in total. The lowest BCUT2D eigenvalue weighted by molar-refractivity contribution is -0.124. The van der Waals surface area contributed by atoms with E-state index < -0.39 is 6.04 Å². The minimum absolute atomic E-state index is 0.0167. The van der Waals surface area contributed by atoms with Crippen molar-refractivity contribution in [3.63, 3.8) is 0 Å². The van der Waals surface area contributed by atoms with Gasteiger partial charge in [-0.1, -0.05) is 42.8 Å². The molecule has 32 heavy (non-hydrogen) atoms. The number of hydrogen-bond donors (Lipinski definition) is 2. The fraction of sp³-hybridized carbons (Fsp3) is 0.423. The predicted molar refractivity (Wildman–Crippen MR) is 126 cm³/mol. The third-order valence-corrected chi connectivity index (χ3v) is 6.07. The topological polar surface area (TPSA) is 78.5 Å². The predicted octanol–water partition coefficient (Wildman–Crippen LogP) is 3.48. The van der Waals surface area contributed by atoms with Crippen LogP contribution < -0.4 is 10.6 Å². The highest BCUT2D eigenvalue weighted by molar-refractivity contribution is 5.98. The summed E-state index contributed by atoms with van der Waals surface area (Å²) >= 11 is 0. The van der Waals surface area contributed by atoms with Crippen LogP contribution in [0.25, 0.3) is 0 Å². The molecule has 0 aromatic heterocycles. The first-order chi connectivity index (χ1) is 15.4. The smallest absolute Gasteiger partial charge is 0.253 e. The average molecular weight is 436 g/mol. The minimum atomic E-state index is -0.620. The normalized spacial score (nSPS) is 15.2. The Hall–Kier alpha value is -3.15. The number of amides is 3. The number of aryl methyl sites for hydroxylation is 2. The number of carbonyl (C=O) groups excluding carboxylic acids is 3. The molecule has 1 saturated heterocycles. The molecule has 2 aromatic rings. The molecule has 6 nitrogen and oxygen atoms in total. The zero-order valence-electron chi connectivity index (χ0n) is 19.2. The Morgan fingerprint density at radius 3 is 2.41 bits per heavy atom. The molecule has 0 bridgehead atoms. The van der Waals surface area contributed by atoms with Crippen LogP contribution in [-0.4, -0.2) is 48.3 Å². The summed E-state index contributed by atoms with van der Waals surface area (Å²) in [6.07, 6.45) is 2.15. The van der Waals surface area contributed by atoms with Crippen LogP contribution in [0.5, 0.6) is 0 Å². The lowest BCUT2D eigenvalue weighted by Gasteiger charge is -2.36. The minimum Gasteiger partial charge on any atom is -0.354 e. The van der Waals surface area contributed by atoms with Gasteiger partial charge in [0.2, 0.25) is 5.91 Å². The monoisotopic (exact) mass is 435 g/mol. The second kappa shape index (κ2) is 10.9. The quantitative estimate of drug-likeness (QED) is 0.699. The number of hydrogen-bond acceptors (Lipinski definition) is 3. The van der Waals surface area contributed by atoms with E-state index >= 15 is 0 Å². The molecule has 0 saturated carbocycles. The molecule has 3 rings (SSSR count). The Morgan fingerprint density at radius 1 is 1.03 bits per heavy atom. The summed E-state index contributed by atoms with van der Waals surface area (Å²) in [6, 6.07) is 14.4. The van der Waals surface area contributed by atoms with Gasteiger partial charge in [0, 0.05) is 30.8 Å². The van der Waals surface area contributed by atoms with E-state index in [0.717, 1.165) is 17.5 Å². The highest BCUT2D eigenvalue weighted by atomic mass is 16.2. The number of nitrogens with one attached hydrogen (secondary N) is 2. The fourth-order valence-electron chi connectivity index (χ4n) is 4.20. The Morgan fingerprint density at radius 2 is 1.75 bits per heavy atom. The molecule has 3 amide bonds. The van der Waals surface area contributed by atoms with E-state index in [4.69, 9.17) is 0 Å². The molecular formula is C26H33N3O3. The van der Waals surface area contributed by atoms with Gasteiger partial charge in [0.05, 0.1) is 0 Å². The molecule has 0 aliphatic carbocycles. The summed E-state index contributed by atoms with van der Waals surface area (Å²) in [6.45, 7) is 7.55. The number of likely N-dealkylation sites (tertiary alicyclic amines) is 1. The van der Waals surface area contributed by atoms with Gasteiger partial charge in [0.25, 0.3) is 11.8 Å². The lowest BCUT2D eigenvalue weighted by atomic mass is 9.88. The van der Waals surface area contributed by atoms with Crippen LogP contribution in [0.15, 0.2) is 48.5 Å². The summed E-state index contributed by atoms with van der Waals surface area (Å²) in [5.74, 6) is -0.403. The molecule has 1 fully saturated rings. The third-order valence-electron chi connectivity index (χ3n) is 6.07. The Balaban J connectivity index is 1.69. The number of carbonyl (C=O) groups is 3. The number of piperidine rings is 1. The highest BCUT2D eigenvalue weighted by Crippen LogP contribution is 2.23. The summed E-state index contributed by atoms with van der Waals surface area (Å²) in [5.41, 5.74) is 3.19. The van der Waals surface area contributed by atoms with Crippen LogP contribution in [-0.2, 0) is 4.79 Å². The van der Waals surface area contributed by atoms with Gasteiger partial charge in [-0.2, -0.15) is 0 Å². The van der Waals surface area contributed by atoms with Gasteiger partial charge < -0.3 is 15.5 Å². The summed E-state index contributed by atoms with van der Waals surface area (Å²) in [7, 11) is 0. The largest absolute Gasteiger partial charge is 0.354 e. The van der Waals surface area contributed by atoms with E-state index in [1.54, 1.807) is 6.07 Å². The fourth-order valence-corrected chi connectivity index (χ4v) is 4.20. The number of nitrogens with zero attached hydrogens (tertiary/aromatic N) is 1. The van der Waals surface area contributed by atoms with Crippen LogP contribution in [0, 0.1) is 19.8 Å². The van der Waals surface area contributed by atoms with Gasteiger partial charge in [-0.05, 0) is 62.8 Å². The van der Waals surface area contributed by atoms with Crippen LogP contribution in [0.1, 0.15) is 58.0 Å². The number of benzene rings is 2. The van der Waals surface area contributed by atoms with Gasteiger partial charge >= 0.3 is 0 Å². The molecule has 1 aliphatic rings. The Labute approximate surface area is 190 Å². The SMILES string of the molecule is CCCNC(=O)[C@H](NC(=O)c1ccccc1C)C1CCN(C(=O)c2cccc(C)c2)CC1. The van der Waals surface area contributed by atoms with Crippen molar-refractivity contribution in [1.29, 1.82) is 0 Å². The maximum atomic E-state index is 12.9. The van der Waals surface area contributed by atoms with Crippen molar-refractivity contribution in [2.24, 2.45) is 5.92 Å². The standard InChI is InChI=1S/C26H33N3O3/c1-4-14-27-25(31)23(28-24(30)22-11-6-5-9-19(22)3)20-12-15-29(16-13-20)26(32)21-10-7-8-18(2)17-21/h5-11,17,20,23H,4,12-16H2,1-3H3,(H,27,31)(H,28,30)/t23-/m1/s1. The summed E-state index contributed by atoms with van der Waals surface area (Å²) in [5, 5.41) is 5.91. The van der Waals surface area contributed by atoms with Crippen molar-refractivity contribution in [3.8, 4) is 0 Å².